The van der Waals surface area contributed by atoms with Crippen molar-refractivity contribution < 1.29 is 9.32 Å². The van der Waals surface area contributed by atoms with Crippen LogP contribution in [0.3, 0.4) is 0 Å². The van der Waals surface area contributed by atoms with Gasteiger partial charge in [-0.2, -0.15) is 23.5 Å². The fourth-order valence-electron chi connectivity index (χ4n) is 5.47. The minimum atomic E-state index is -2.62. The van der Waals surface area contributed by atoms with E-state index in [4.69, 9.17) is 0 Å². The van der Waals surface area contributed by atoms with Crippen LogP contribution in [-0.4, -0.2) is 48.7 Å². The molecule has 0 amide bonds. The number of aliphatic hydroxyl groups is 1. The standard InChI is InChI=1S/C20H29NO2S3/c1-21-26(23,17-8-3-2-4-9-17)16-18(22)10-5-11-19(12-6-14-24-19)20(18)13-7-15-25-20/h2-4,8-9,22H,5-7,10-16H2,1H3/t18-,19+,20-,26-/m1/s1. The van der Waals surface area contributed by atoms with Crippen molar-refractivity contribution in [2.45, 2.75) is 64.9 Å². The van der Waals surface area contributed by atoms with E-state index in [1.807, 2.05) is 42.1 Å². The van der Waals surface area contributed by atoms with E-state index in [1.165, 1.54) is 25.0 Å². The minimum absolute atomic E-state index is 0.159. The molecule has 3 fully saturated rings. The first kappa shape index (κ1) is 19.2. The van der Waals surface area contributed by atoms with Crippen molar-refractivity contribution in [2.24, 2.45) is 4.36 Å². The van der Waals surface area contributed by atoms with Crippen LogP contribution in [0.4, 0.5) is 0 Å². The molecule has 6 heteroatoms. The predicted octanol–water partition coefficient (Wildman–Crippen LogP) is 4.59. The van der Waals surface area contributed by atoms with Crippen molar-refractivity contribution in [1.82, 2.24) is 0 Å². The molecular weight excluding hydrogens is 382 g/mol. The van der Waals surface area contributed by atoms with Crippen LogP contribution in [0, 0.1) is 0 Å². The topological polar surface area (TPSA) is 49.7 Å². The summed E-state index contributed by atoms with van der Waals surface area (Å²) in [5.41, 5.74) is -0.907. The lowest BCUT2D eigenvalue weighted by atomic mass is 9.65. The van der Waals surface area contributed by atoms with E-state index >= 15 is 0 Å². The lowest BCUT2D eigenvalue weighted by Crippen LogP contribution is -2.67. The zero-order valence-corrected chi connectivity index (χ0v) is 17.9. The van der Waals surface area contributed by atoms with E-state index in [9.17, 15) is 9.32 Å². The first-order valence-electron chi connectivity index (χ1n) is 9.68. The van der Waals surface area contributed by atoms with Crippen molar-refractivity contribution >= 4 is 33.3 Å². The van der Waals surface area contributed by atoms with Gasteiger partial charge in [-0.25, -0.2) is 8.57 Å². The third kappa shape index (κ3) is 2.78. The summed E-state index contributed by atoms with van der Waals surface area (Å²) in [7, 11) is -0.972. The van der Waals surface area contributed by atoms with Crippen molar-refractivity contribution in [3.8, 4) is 0 Å². The molecule has 2 aliphatic heterocycles. The Hall–Kier alpha value is -0.170. The van der Waals surface area contributed by atoms with Crippen LogP contribution < -0.4 is 0 Å². The number of thioether (sulfide) groups is 2. The summed E-state index contributed by atoms with van der Waals surface area (Å²) in [6.07, 6.45) is 7.63. The summed E-state index contributed by atoms with van der Waals surface area (Å²) in [4.78, 5) is 0.757. The smallest absolute Gasteiger partial charge is 0.0934 e. The maximum atomic E-state index is 13.8. The Bertz CT molecular complexity index is 761. The highest BCUT2D eigenvalue weighted by molar-refractivity contribution is 8.05. The molecule has 1 aromatic carbocycles. The Morgan fingerprint density at radius 2 is 1.73 bits per heavy atom. The van der Waals surface area contributed by atoms with E-state index in [0.717, 1.165) is 36.3 Å². The largest absolute Gasteiger partial charge is 0.387 e. The van der Waals surface area contributed by atoms with Crippen LogP contribution in [0.2, 0.25) is 0 Å². The number of rotatable bonds is 3. The fourth-order valence-corrected chi connectivity index (χ4v) is 11.7. The molecule has 4 atom stereocenters. The maximum absolute atomic E-state index is 13.8. The average molecular weight is 412 g/mol. The molecule has 26 heavy (non-hydrogen) atoms. The van der Waals surface area contributed by atoms with Crippen molar-refractivity contribution in [2.75, 3.05) is 24.3 Å². The van der Waals surface area contributed by atoms with Crippen LogP contribution in [0.5, 0.6) is 0 Å². The van der Waals surface area contributed by atoms with Crippen LogP contribution in [0.25, 0.3) is 0 Å². The molecule has 144 valence electrons. The highest BCUT2D eigenvalue weighted by Crippen LogP contribution is 2.66. The lowest BCUT2D eigenvalue weighted by Gasteiger charge is -2.58. The van der Waals surface area contributed by atoms with Gasteiger partial charge in [0.25, 0.3) is 0 Å². The molecule has 3 nitrogen and oxygen atoms in total. The summed E-state index contributed by atoms with van der Waals surface area (Å²) in [5.74, 6) is 2.58. The second kappa shape index (κ2) is 7.02. The van der Waals surface area contributed by atoms with Gasteiger partial charge in [-0.05, 0) is 68.6 Å². The molecule has 0 bridgehead atoms. The molecule has 3 aliphatic rings. The first-order chi connectivity index (χ1) is 12.5. The molecule has 1 N–H and O–H groups in total. The summed E-state index contributed by atoms with van der Waals surface area (Å²) in [6.45, 7) is 0. The van der Waals surface area contributed by atoms with Gasteiger partial charge in [0, 0.05) is 16.7 Å². The van der Waals surface area contributed by atoms with E-state index in [-0.39, 0.29) is 15.2 Å². The Balaban J connectivity index is 1.77. The zero-order chi connectivity index (χ0) is 18.3. The number of nitrogens with zero attached hydrogens (tertiary/aromatic N) is 1. The Labute approximate surface area is 166 Å². The van der Waals surface area contributed by atoms with Gasteiger partial charge in [0.15, 0.2) is 0 Å². The van der Waals surface area contributed by atoms with Crippen LogP contribution in [0.15, 0.2) is 39.6 Å². The molecule has 2 spiro atoms. The summed E-state index contributed by atoms with van der Waals surface area (Å²) >= 11 is 4.07. The molecule has 0 aromatic heterocycles. The van der Waals surface area contributed by atoms with E-state index in [2.05, 4.69) is 16.1 Å². The van der Waals surface area contributed by atoms with Crippen LogP contribution in [0.1, 0.15) is 44.9 Å². The SMILES string of the molecule is CN=[S@@](=O)(C[C@]1(O)CCC[C@]2(CCCS2)[C@@]12CCCS2)c1ccccc1. The van der Waals surface area contributed by atoms with Gasteiger partial charge in [0.05, 0.1) is 25.8 Å². The van der Waals surface area contributed by atoms with Gasteiger partial charge in [0.1, 0.15) is 0 Å². The van der Waals surface area contributed by atoms with Gasteiger partial charge < -0.3 is 5.11 Å². The first-order valence-corrected chi connectivity index (χ1v) is 13.3. The van der Waals surface area contributed by atoms with E-state index in [1.54, 1.807) is 7.05 Å². The minimum Gasteiger partial charge on any atom is -0.387 e. The molecule has 2 saturated heterocycles. The van der Waals surface area contributed by atoms with Gasteiger partial charge in [-0.15, -0.1) is 0 Å². The Morgan fingerprint density at radius 1 is 1.04 bits per heavy atom. The van der Waals surface area contributed by atoms with Gasteiger partial charge >= 0.3 is 0 Å². The van der Waals surface area contributed by atoms with Crippen molar-refractivity contribution in [3.05, 3.63) is 30.3 Å². The van der Waals surface area contributed by atoms with Gasteiger partial charge in [0.2, 0.25) is 0 Å². The molecule has 1 aromatic rings. The van der Waals surface area contributed by atoms with Crippen molar-refractivity contribution in [1.29, 1.82) is 0 Å². The highest BCUT2D eigenvalue weighted by Gasteiger charge is 2.67. The monoisotopic (exact) mass is 411 g/mol. The van der Waals surface area contributed by atoms with E-state index < -0.39 is 15.3 Å². The normalized spacial score (nSPS) is 39.3. The Morgan fingerprint density at radius 3 is 2.35 bits per heavy atom. The fraction of sp³-hybridized carbons (Fsp3) is 0.700. The van der Waals surface area contributed by atoms with Gasteiger partial charge in [-0.3, -0.25) is 0 Å². The predicted molar refractivity (Wildman–Crippen MR) is 114 cm³/mol. The molecule has 1 aliphatic carbocycles. The van der Waals surface area contributed by atoms with E-state index in [0.29, 0.717) is 0 Å². The molecule has 0 radical (unpaired) electrons. The van der Waals surface area contributed by atoms with Crippen molar-refractivity contribution in [3.63, 3.8) is 0 Å². The third-order valence-corrected chi connectivity index (χ3v) is 13.0. The summed E-state index contributed by atoms with van der Waals surface area (Å²) in [5, 5.41) is 12.1. The van der Waals surface area contributed by atoms with Gasteiger partial charge in [-0.1, -0.05) is 18.2 Å². The second-order valence-corrected chi connectivity index (χ2v) is 13.2. The number of benzene rings is 1. The number of hydrogen-bond acceptors (Lipinski definition) is 5. The van der Waals surface area contributed by atoms with Crippen LogP contribution in [-0.2, 0) is 9.73 Å². The maximum Gasteiger partial charge on any atom is 0.0934 e. The zero-order valence-electron chi connectivity index (χ0n) is 15.5. The quantitative estimate of drug-likeness (QED) is 0.790. The molecule has 0 unspecified atom stereocenters. The third-order valence-electron chi connectivity index (χ3n) is 6.62. The summed E-state index contributed by atoms with van der Waals surface area (Å²) in [6, 6.07) is 9.57. The number of fused-ring (bicyclic) bond motifs is 1. The highest BCUT2D eigenvalue weighted by atomic mass is 32.2. The molecule has 2 heterocycles. The molecule has 1 saturated carbocycles. The lowest BCUT2D eigenvalue weighted by molar-refractivity contribution is -0.0260. The molecule has 4 rings (SSSR count). The Kier molecular flexibility index (Phi) is 5.17. The number of hydrogen-bond donors (Lipinski definition) is 1. The van der Waals surface area contributed by atoms with Crippen LogP contribution >= 0.6 is 23.5 Å². The average Bonchev–Trinajstić information content (AvgIpc) is 3.32. The summed E-state index contributed by atoms with van der Waals surface area (Å²) < 4.78 is 18.2. The second-order valence-electron chi connectivity index (χ2n) is 7.89. The molecular formula is C20H29NO2S3.